The molecule has 0 bridgehead atoms. The van der Waals surface area contributed by atoms with Crippen molar-refractivity contribution in [3.05, 3.63) is 0 Å². The molecule has 0 aromatic carbocycles. The SMILES string of the molecule is CCOPCCCN1CCCNCC1. The van der Waals surface area contributed by atoms with Gasteiger partial charge in [-0.3, -0.25) is 0 Å². The van der Waals surface area contributed by atoms with E-state index in [1.165, 1.54) is 45.2 Å². The molecule has 0 aromatic heterocycles. The van der Waals surface area contributed by atoms with Crippen LogP contribution in [0.5, 0.6) is 0 Å². The Morgan fingerprint density at radius 1 is 1.36 bits per heavy atom. The Morgan fingerprint density at radius 3 is 3.14 bits per heavy atom. The molecule has 14 heavy (non-hydrogen) atoms. The molecular formula is C10H23N2OP. The molecule has 3 nitrogen and oxygen atoms in total. The average molecular weight is 218 g/mol. The highest BCUT2D eigenvalue weighted by atomic mass is 31.1. The summed E-state index contributed by atoms with van der Waals surface area (Å²) >= 11 is 0. The minimum Gasteiger partial charge on any atom is -0.363 e. The fraction of sp³-hybridized carbons (Fsp3) is 1.00. The highest BCUT2D eigenvalue weighted by molar-refractivity contribution is 7.32. The molecule has 1 rings (SSSR count). The highest BCUT2D eigenvalue weighted by Gasteiger charge is 2.06. The quantitative estimate of drug-likeness (QED) is 0.537. The summed E-state index contributed by atoms with van der Waals surface area (Å²) in [4.78, 5) is 2.57. The second-order valence-electron chi connectivity index (χ2n) is 3.63. The monoisotopic (exact) mass is 218 g/mol. The Kier molecular flexibility index (Phi) is 7.61. The maximum Gasteiger partial charge on any atom is 0.0477 e. The lowest BCUT2D eigenvalue weighted by atomic mass is 10.3. The van der Waals surface area contributed by atoms with Crippen LogP contribution in [0.15, 0.2) is 0 Å². The van der Waals surface area contributed by atoms with Crippen LogP contribution in [0.25, 0.3) is 0 Å². The summed E-state index contributed by atoms with van der Waals surface area (Å²) in [6.45, 7) is 9.02. The van der Waals surface area contributed by atoms with Crippen LogP contribution in [0.4, 0.5) is 0 Å². The number of rotatable bonds is 6. The van der Waals surface area contributed by atoms with Gasteiger partial charge in [0.2, 0.25) is 0 Å². The Morgan fingerprint density at radius 2 is 2.29 bits per heavy atom. The average Bonchev–Trinajstić information content (AvgIpc) is 2.46. The number of nitrogens with zero attached hydrogens (tertiary/aromatic N) is 1. The Labute approximate surface area is 89.4 Å². The van der Waals surface area contributed by atoms with Crippen LogP contribution < -0.4 is 5.32 Å². The zero-order valence-electron chi connectivity index (χ0n) is 9.22. The minimum absolute atomic E-state index is 0.709. The van der Waals surface area contributed by atoms with Crippen LogP contribution in [0.3, 0.4) is 0 Å². The van der Waals surface area contributed by atoms with Gasteiger partial charge in [0.1, 0.15) is 0 Å². The summed E-state index contributed by atoms with van der Waals surface area (Å²) in [5, 5.41) is 3.42. The van der Waals surface area contributed by atoms with E-state index in [1.807, 2.05) is 0 Å². The van der Waals surface area contributed by atoms with Gasteiger partial charge in [-0.1, -0.05) is 0 Å². The Hall–Kier alpha value is 0.310. The molecule has 1 heterocycles. The second kappa shape index (κ2) is 8.60. The molecule has 1 aliphatic heterocycles. The lowest BCUT2D eigenvalue weighted by molar-refractivity contribution is 0.293. The molecular weight excluding hydrogens is 195 g/mol. The molecule has 4 heteroatoms. The van der Waals surface area contributed by atoms with Gasteiger partial charge in [0.05, 0.1) is 0 Å². The van der Waals surface area contributed by atoms with Gasteiger partial charge in [0, 0.05) is 28.5 Å². The van der Waals surface area contributed by atoms with Crippen molar-refractivity contribution >= 4 is 8.81 Å². The van der Waals surface area contributed by atoms with Gasteiger partial charge in [-0.15, -0.1) is 0 Å². The van der Waals surface area contributed by atoms with E-state index in [1.54, 1.807) is 0 Å². The maximum absolute atomic E-state index is 5.34. The first kappa shape index (κ1) is 12.4. The summed E-state index contributed by atoms with van der Waals surface area (Å²) in [6, 6.07) is 0. The van der Waals surface area contributed by atoms with E-state index in [4.69, 9.17) is 4.52 Å². The Balaban J connectivity index is 1.93. The summed E-state index contributed by atoms with van der Waals surface area (Å²) in [5.74, 6) is 0. The summed E-state index contributed by atoms with van der Waals surface area (Å²) < 4.78 is 5.34. The summed E-state index contributed by atoms with van der Waals surface area (Å²) in [5.41, 5.74) is 0. The molecule has 0 spiro atoms. The van der Waals surface area contributed by atoms with Gasteiger partial charge >= 0.3 is 0 Å². The van der Waals surface area contributed by atoms with Crippen molar-refractivity contribution in [2.45, 2.75) is 19.8 Å². The van der Waals surface area contributed by atoms with Crippen molar-refractivity contribution in [1.29, 1.82) is 0 Å². The van der Waals surface area contributed by atoms with Crippen molar-refractivity contribution in [1.82, 2.24) is 10.2 Å². The molecule has 1 atom stereocenters. The van der Waals surface area contributed by atoms with Crippen molar-refractivity contribution in [3.8, 4) is 0 Å². The zero-order chi connectivity index (χ0) is 10.1. The first-order chi connectivity index (χ1) is 6.93. The first-order valence-electron chi connectivity index (χ1n) is 5.71. The van der Waals surface area contributed by atoms with Crippen LogP contribution in [0.1, 0.15) is 19.8 Å². The van der Waals surface area contributed by atoms with Gasteiger partial charge in [-0.05, 0) is 45.6 Å². The van der Waals surface area contributed by atoms with E-state index in [0.717, 1.165) is 13.2 Å². The largest absolute Gasteiger partial charge is 0.363 e. The van der Waals surface area contributed by atoms with Crippen LogP contribution in [0, 0.1) is 0 Å². The van der Waals surface area contributed by atoms with E-state index in [-0.39, 0.29) is 0 Å². The third-order valence-corrected chi connectivity index (χ3v) is 3.48. The third-order valence-electron chi connectivity index (χ3n) is 2.43. The molecule has 0 saturated carbocycles. The smallest absolute Gasteiger partial charge is 0.0477 e. The first-order valence-corrected chi connectivity index (χ1v) is 6.82. The number of hydrogen-bond acceptors (Lipinski definition) is 3. The molecule has 84 valence electrons. The fourth-order valence-electron chi connectivity index (χ4n) is 1.67. The lowest BCUT2D eigenvalue weighted by Crippen LogP contribution is -2.29. The van der Waals surface area contributed by atoms with E-state index < -0.39 is 0 Å². The highest BCUT2D eigenvalue weighted by Crippen LogP contribution is 2.12. The third kappa shape index (κ3) is 5.92. The Bertz CT molecular complexity index is 127. The van der Waals surface area contributed by atoms with Crippen LogP contribution >= 0.6 is 8.81 Å². The van der Waals surface area contributed by atoms with Crippen molar-refractivity contribution in [2.24, 2.45) is 0 Å². The van der Waals surface area contributed by atoms with E-state index in [9.17, 15) is 0 Å². The van der Waals surface area contributed by atoms with Crippen LogP contribution in [0.2, 0.25) is 0 Å². The number of nitrogens with one attached hydrogen (secondary N) is 1. The van der Waals surface area contributed by atoms with Crippen molar-refractivity contribution < 1.29 is 4.52 Å². The molecule has 0 radical (unpaired) electrons. The topological polar surface area (TPSA) is 24.5 Å². The summed E-state index contributed by atoms with van der Waals surface area (Å²) in [7, 11) is 0.709. The van der Waals surface area contributed by atoms with Crippen LogP contribution in [-0.4, -0.2) is 50.4 Å². The van der Waals surface area contributed by atoms with E-state index >= 15 is 0 Å². The van der Waals surface area contributed by atoms with Crippen molar-refractivity contribution in [3.63, 3.8) is 0 Å². The summed E-state index contributed by atoms with van der Waals surface area (Å²) in [6.07, 6.45) is 3.82. The molecule has 0 aliphatic carbocycles. The minimum atomic E-state index is 0.709. The van der Waals surface area contributed by atoms with Gasteiger partial charge in [0.15, 0.2) is 0 Å². The molecule has 1 N–H and O–H groups in total. The molecule has 0 amide bonds. The molecule has 0 aromatic rings. The van der Waals surface area contributed by atoms with E-state index in [0.29, 0.717) is 8.81 Å². The normalized spacial score (nSPS) is 20.4. The van der Waals surface area contributed by atoms with E-state index in [2.05, 4.69) is 17.1 Å². The van der Waals surface area contributed by atoms with Crippen LogP contribution in [-0.2, 0) is 4.52 Å². The molecule has 1 saturated heterocycles. The fourth-order valence-corrected chi connectivity index (χ4v) is 2.33. The molecule has 1 aliphatic rings. The number of hydrogen-bond donors (Lipinski definition) is 1. The lowest BCUT2D eigenvalue weighted by Gasteiger charge is -2.18. The standard InChI is InChI=1S/C10H23N2OP/c1-2-13-14-10-4-8-12-7-3-5-11-6-9-12/h11,14H,2-10H2,1H3. The predicted molar refractivity (Wildman–Crippen MR) is 63.4 cm³/mol. The van der Waals surface area contributed by atoms with Gasteiger partial charge in [-0.25, -0.2) is 0 Å². The van der Waals surface area contributed by atoms with Gasteiger partial charge in [-0.2, -0.15) is 0 Å². The van der Waals surface area contributed by atoms with Gasteiger partial charge in [0.25, 0.3) is 0 Å². The zero-order valence-corrected chi connectivity index (χ0v) is 10.2. The maximum atomic E-state index is 5.34. The van der Waals surface area contributed by atoms with Crippen molar-refractivity contribution in [2.75, 3.05) is 45.5 Å². The second-order valence-corrected chi connectivity index (χ2v) is 4.70. The van der Waals surface area contributed by atoms with Gasteiger partial charge < -0.3 is 14.7 Å². The predicted octanol–water partition coefficient (Wildman–Crippen LogP) is 1.30. The molecule has 1 fully saturated rings. The molecule has 1 unspecified atom stereocenters.